The molecular weight excluding hydrogens is 358 g/mol. The van der Waals surface area contributed by atoms with Crippen LogP contribution in [0.5, 0.6) is 5.75 Å². The lowest BCUT2D eigenvalue weighted by Crippen LogP contribution is -2.43. The average Bonchev–Trinajstić information content (AvgIpc) is 3.16. The molecule has 28 heavy (non-hydrogen) atoms. The standard InChI is InChI=1S/C21H19N3O4/c1-28-18-9-5-4-8-17(18)24-13-12-22(20(26)21(24)27)14-19(25)23-11-10-15-6-2-3-7-16(15)23/h2-9,12-13H,10-11,14H2,1H3. The minimum Gasteiger partial charge on any atom is -0.495 e. The van der Waals surface area contributed by atoms with Gasteiger partial charge in [-0.1, -0.05) is 30.3 Å². The first-order valence-corrected chi connectivity index (χ1v) is 8.94. The van der Waals surface area contributed by atoms with Crippen LogP contribution in [-0.2, 0) is 17.8 Å². The Morgan fingerprint density at radius 2 is 1.68 bits per heavy atom. The summed E-state index contributed by atoms with van der Waals surface area (Å²) in [5, 5.41) is 0. The number of methoxy groups -OCH3 is 1. The van der Waals surface area contributed by atoms with E-state index in [0.717, 1.165) is 22.2 Å². The van der Waals surface area contributed by atoms with Crippen LogP contribution in [0.1, 0.15) is 5.56 Å². The van der Waals surface area contributed by atoms with E-state index in [2.05, 4.69) is 0 Å². The summed E-state index contributed by atoms with van der Waals surface area (Å²) in [4.78, 5) is 39.6. The van der Waals surface area contributed by atoms with Gasteiger partial charge in [-0.2, -0.15) is 0 Å². The van der Waals surface area contributed by atoms with Crippen molar-refractivity contribution in [3.05, 3.63) is 87.2 Å². The van der Waals surface area contributed by atoms with Crippen molar-refractivity contribution in [1.82, 2.24) is 9.13 Å². The van der Waals surface area contributed by atoms with E-state index >= 15 is 0 Å². The predicted octanol–water partition coefficient (Wildman–Crippen LogP) is 1.60. The molecule has 1 aliphatic rings. The number of ether oxygens (including phenoxy) is 1. The fraction of sp³-hybridized carbons (Fsp3) is 0.190. The largest absolute Gasteiger partial charge is 0.495 e. The molecule has 0 spiro atoms. The van der Waals surface area contributed by atoms with E-state index in [4.69, 9.17) is 4.74 Å². The van der Waals surface area contributed by atoms with E-state index in [1.165, 1.54) is 24.1 Å². The van der Waals surface area contributed by atoms with Crippen molar-refractivity contribution < 1.29 is 9.53 Å². The number of aromatic nitrogens is 2. The second-order valence-electron chi connectivity index (χ2n) is 6.50. The van der Waals surface area contributed by atoms with Gasteiger partial charge in [-0.05, 0) is 30.2 Å². The number of fused-ring (bicyclic) bond motifs is 1. The van der Waals surface area contributed by atoms with Crippen molar-refractivity contribution in [2.45, 2.75) is 13.0 Å². The van der Waals surface area contributed by atoms with Crippen LogP contribution in [0.2, 0.25) is 0 Å². The molecular formula is C21H19N3O4. The Bertz CT molecular complexity index is 1160. The van der Waals surface area contributed by atoms with Gasteiger partial charge in [0.05, 0.1) is 12.8 Å². The lowest BCUT2D eigenvalue weighted by molar-refractivity contribution is -0.119. The molecule has 1 aliphatic heterocycles. The summed E-state index contributed by atoms with van der Waals surface area (Å²) in [6, 6.07) is 14.6. The molecule has 2 heterocycles. The Morgan fingerprint density at radius 3 is 2.46 bits per heavy atom. The van der Waals surface area contributed by atoms with Crippen LogP contribution in [0.25, 0.3) is 5.69 Å². The average molecular weight is 377 g/mol. The molecule has 1 aromatic heterocycles. The van der Waals surface area contributed by atoms with Crippen molar-refractivity contribution in [2.75, 3.05) is 18.6 Å². The molecule has 2 aromatic carbocycles. The Balaban J connectivity index is 1.64. The maximum absolute atomic E-state index is 12.7. The van der Waals surface area contributed by atoms with E-state index in [-0.39, 0.29) is 12.5 Å². The fourth-order valence-corrected chi connectivity index (χ4v) is 3.48. The van der Waals surface area contributed by atoms with Crippen LogP contribution < -0.4 is 20.8 Å². The predicted molar refractivity (Wildman–Crippen MR) is 105 cm³/mol. The first-order valence-electron chi connectivity index (χ1n) is 8.94. The Kier molecular flexibility index (Phi) is 4.57. The molecule has 0 saturated carbocycles. The highest BCUT2D eigenvalue weighted by Crippen LogP contribution is 2.27. The third kappa shape index (κ3) is 3.00. The highest BCUT2D eigenvalue weighted by atomic mass is 16.5. The van der Waals surface area contributed by atoms with E-state index in [0.29, 0.717) is 18.0 Å². The molecule has 0 unspecified atom stereocenters. The second-order valence-corrected chi connectivity index (χ2v) is 6.50. The Hall–Kier alpha value is -3.61. The first-order chi connectivity index (χ1) is 13.6. The quantitative estimate of drug-likeness (QED) is 0.648. The summed E-state index contributed by atoms with van der Waals surface area (Å²) in [5.41, 5.74) is 0.951. The third-order valence-corrected chi connectivity index (χ3v) is 4.90. The fourth-order valence-electron chi connectivity index (χ4n) is 3.48. The summed E-state index contributed by atoms with van der Waals surface area (Å²) in [5.74, 6) is 0.257. The SMILES string of the molecule is COc1ccccc1-n1ccn(CC(=O)N2CCc3ccccc32)c(=O)c1=O. The van der Waals surface area contributed by atoms with Crippen molar-refractivity contribution in [3.8, 4) is 11.4 Å². The van der Waals surface area contributed by atoms with E-state index in [1.54, 1.807) is 29.2 Å². The molecule has 0 aliphatic carbocycles. The van der Waals surface area contributed by atoms with Crippen molar-refractivity contribution in [3.63, 3.8) is 0 Å². The van der Waals surface area contributed by atoms with Gasteiger partial charge in [0.2, 0.25) is 5.91 Å². The first kappa shape index (κ1) is 17.8. The minimum atomic E-state index is -0.755. The number of rotatable bonds is 4. The van der Waals surface area contributed by atoms with Gasteiger partial charge >= 0.3 is 11.1 Å². The number of anilines is 1. The van der Waals surface area contributed by atoms with Gasteiger partial charge in [0.1, 0.15) is 12.3 Å². The number of carbonyl (C=O) groups is 1. The zero-order chi connectivity index (χ0) is 19.7. The lowest BCUT2D eigenvalue weighted by Gasteiger charge is -2.18. The van der Waals surface area contributed by atoms with Gasteiger partial charge in [0.25, 0.3) is 0 Å². The Labute approximate surface area is 161 Å². The van der Waals surface area contributed by atoms with Gasteiger partial charge in [0, 0.05) is 24.6 Å². The highest BCUT2D eigenvalue weighted by Gasteiger charge is 2.24. The van der Waals surface area contributed by atoms with Crippen molar-refractivity contribution in [1.29, 1.82) is 0 Å². The number of amides is 1. The van der Waals surface area contributed by atoms with Crippen LogP contribution >= 0.6 is 0 Å². The number of nitrogens with zero attached hydrogens (tertiary/aromatic N) is 3. The van der Waals surface area contributed by atoms with Crippen LogP contribution in [0.3, 0.4) is 0 Å². The summed E-state index contributed by atoms with van der Waals surface area (Å²) in [6.45, 7) is 0.389. The van der Waals surface area contributed by atoms with Gasteiger partial charge in [-0.3, -0.25) is 23.5 Å². The number of carbonyl (C=O) groups excluding carboxylic acids is 1. The molecule has 7 nitrogen and oxygen atoms in total. The second kappa shape index (κ2) is 7.19. The smallest absolute Gasteiger partial charge is 0.321 e. The molecule has 7 heteroatoms. The summed E-state index contributed by atoms with van der Waals surface area (Å²) < 4.78 is 7.64. The summed E-state index contributed by atoms with van der Waals surface area (Å²) >= 11 is 0. The molecule has 1 amide bonds. The molecule has 3 aromatic rings. The lowest BCUT2D eigenvalue weighted by atomic mass is 10.2. The topological polar surface area (TPSA) is 73.5 Å². The number of hydrogen-bond donors (Lipinski definition) is 0. The molecule has 0 atom stereocenters. The van der Waals surface area contributed by atoms with Gasteiger partial charge in [-0.25, -0.2) is 0 Å². The molecule has 0 saturated heterocycles. The van der Waals surface area contributed by atoms with Gasteiger partial charge in [0.15, 0.2) is 0 Å². The van der Waals surface area contributed by atoms with E-state index in [1.807, 2.05) is 24.3 Å². The monoisotopic (exact) mass is 377 g/mol. The highest BCUT2D eigenvalue weighted by molar-refractivity contribution is 5.95. The number of hydrogen-bond acceptors (Lipinski definition) is 4. The van der Waals surface area contributed by atoms with E-state index in [9.17, 15) is 14.4 Å². The normalized spacial score (nSPS) is 12.7. The maximum atomic E-state index is 12.7. The summed E-state index contributed by atoms with van der Waals surface area (Å²) in [7, 11) is 1.50. The molecule has 0 bridgehead atoms. The van der Waals surface area contributed by atoms with Gasteiger partial charge < -0.3 is 9.64 Å². The van der Waals surface area contributed by atoms with Crippen LogP contribution in [0.15, 0.2) is 70.5 Å². The Morgan fingerprint density at radius 1 is 0.964 bits per heavy atom. The molecule has 142 valence electrons. The summed E-state index contributed by atoms with van der Waals surface area (Å²) in [6.07, 6.45) is 3.72. The zero-order valence-electron chi connectivity index (χ0n) is 15.4. The minimum absolute atomic E-state index is 0.185. The van der Waals surface area contributed by atoms with Crippen molar-refractivity contribution >= 4 is 11.6 Å². The van der Waals surface area contributed by atoms with Crippen molar-refractivity contribution in [2.24, 2.45) is 0 Å². The molecule has 0 radical (unpaired) electrons. The zero-order valence-corrected chi connectivity index (χ0v) is 15.4. The molecule has 4 rings (SSSR count). The van der Waals surface area contributed by atoms with Crippen LogP contribution in [0, 0.1) is 0 Å². The van der Waals surface area contributed by atoms with Crippen LogP contribution in [0.4, 0.5) is 5.69 Å². The number of benzene rings is 2. The number of para-hydroxylation sites is 3. The molecule has 0 N–H and O–H groups in total. The van der Waals surface area contributed by atoms with Gasteiger partial charge in [-0.15, -0.1) is 0 Å². The maximum Gasteiger partial charge on any atom is 0.321 e. The van der Waals surface area contributed by atoms with E-state index < -0.39 is 11.1 Å². The van der Waals surface area contributed by atoms with Crippen LogP contribution in [-0.4, -0.2) is 28.7 Å². The molecule has 0 fully saturated rings. The third-order valence-electron chi connectivity index (χ3n) is 4.90.